The zero-order valence-electron chi connectivity index (χ0n) is 9.94. The van der Waals surface area contributed by atoms with Gasteiger partial charge in [0.2, 0.25) is 5.91 Å². The maximum atomic E-state index is 11.8. The number of rotatable bonds is 3. The third-order valence-corrected chi connectivity index (χ3v) is 3.04. The molecule has 90 valence electrons. The van der Waals surface area contributed by atoms with E-state index in [0.717, 1.165) is 24.1 Å². The summed E-state index contributed by atoms with van der Waals surface area (Å²) in [4.78, 5) is 11.8. The molecule has 2 rings (SSSR count). The molecule has 0 fully saturated rings. The van der Waals surface area contributed by atoms with Crippen LogP contribution in [0.5, 0.6) is 5.75 Å². The van der Waals surface area contributed by atoms with Crippen LogP contribution >= 0.6 is 0 Å². The summed E-state index contributed by atoms with van der Waals surface area (Å²) in [5, 5.41) is 12.2. The largest absolute Gasteiger partial charge is 0.508 e. The van der Waals surface area contributed by atoms with Gasteiger partial charge in [-0.1, -0.05) is 12.2 Å². The third kappa shape index (κ3) is 3.09. The molecule has 1 aliphatic carbocycles. The van der Waals surface area contributed by atoms with Gasteiger partial charge in [0.25, 0.3) is 0 Å². The summed E-state index contributed by atoms with van der Waals surface area (Å²) >= 11 is 0. The van der Waals surface area contributed by atoms with Crippen LogP contribution in [0.3, 0.4) is 0 Å². The lowest BCUT2D eigenvalue weighted by atomic mass is 10.0. The molecule has 0 bridgehead atoms. The Labute approximate surface area is 101 Å². The van der Waals surface area contributed by atoms with Gasteiger partial charge in [-0.15, -0.1) is 0 Å². The quantitative estimate of drug-likeness (QED) is 0.620. The van der Waals surface area contributed by atoms with E-state index in [4.69, 9.17) is 0 Å². The van der Waals surface area contributed by atoms with Gasteiger partial charge in [-0.3, -0.25) is 4.79 Å². The summed E-state index contributed by atoms with van der Waals surface area (Å²) in [7, 11) is 0. The molecule has 1 unspecified atom stereocenters. The van der Waals surface area contributed by atoms with Crippen molar-refractivity contribution in [2.75, 3.05) is 5.32 Å². The van der Waals surface area contributed by atoms with E-state index in [1.165, 1.54) is 0 Å². The van der Waals surface area contributed by atoms with E-state index in [9.17, 15) is 9.90 Å². The third-order valence-electron chi connectivity index (χ3n) is 3.04. The number of phenolic OH excluding ortho intramolecular Hbond substituents is 1. The minimum Gasteiger partial charge on any atom is -0.508 e. The predicted molar refractivity (Wildman–Crippen MR) is 68.0 cm³/mol. The van der Waals surface area contributed by atoms with E-state index in [0.29, 0.717) is 12.3 Å². The molecule has 1 aromatic carbocycles. The smallest absolute Gasteiger partial charge is 0.224 e. The molecule has 0 radical (unpaired) electrons. The first-order valence-electron chi connectivity index (χ1n) is 5.91. The second-order valence-electron chi connectivity index (χ2n) is 4.52. The number of aromatic hydroxyl groups is 1. The highest BCUT2D eigenvalue weighted by Gasteiger charge is 2.14. The van der Waals surface area contributed by atoms with Crippen molar-refractivity contribution in [3.63, 3.8) is 0 Å². The fourth-order valence-electron chi connectivity index (χ4n) is 2.05. The van der Waals surface area contributed by atoms with Crippen LogP contribution in [-0.4, -0.2) is 11.0 Å². The van der Waals surface area contributed by atoms with Crippen molar-refractivity contribution < 1.29 is 9.90 Å². The molecular weight excluding hydrogens is 214 g/mol. The standard InChI is InChI=1S/C14H17NO2/c1-10-8-12(6-7-13(10)16)15-14(17)9-11-4-2-3-5-11/h2,4,6-8,11,16H,3,5,9H2,1H3,(H,15,17). The molecule has 0 spiro atoms. The molecule has 1 aliphatic rings. The molecule has 2 N–H and O–H groups in total. The molecular formula is C14H17NO2. The van der Waals surface area contributed by atoms with Crippen LogP contribution < -0.4 is 5.32 Å². The normalized spacial score (nSPS) is 18.3. The minimum atomic E-state index is 0.0339. The minimum absolute atomic E-state index is 0.0339. The molecule has 1 aromatic rings. The first kappa shape index (κ1) is 11.7. The van der Waals surface area contributed by atoms with Crippen molar-refractivity contribution in [2.45, 2.75) is 26.2 Å². The van der Waals surface area contributed by atoms with Gasteiger partial charge in [0.1, 0.15) is 5.75 Å². The Morgan fingerprint density at radius 3 is 3.00 bits per heavy atom. The molecule has 17 heavy (non-hydrogen) atoms. The van der Waals surface area contributed by atoms with Gasteiger partial charge in [-0.25, -0.2) is 0 Å². The SMILES string of the molecule is Cc1cc(NC(=O)CC2C=CCC2)ccc1O. The summed E-state index contributed by atoms with van der Waals surface area (Å²) in [6.07, 6.45) is 6.93. The first-order valence-corrected chi connectivity index (χ1v) is 5.91. The number of amides is 1. The van der Waals surface area contributed by atoms with E-state index in [-0.39, 0.29) is 11.7 Å². The van der Waals surface area contributed by atoms with Crippen molar-refractivity contribution in [3.8, 4) is 5.75 Å². The van der Waals surface area contributed by atoms with Crippen molar-refractivity contribution in [3.05, 3.63) is 35.9 Å². The number of carbonyl (C=O) groups excluding carboxylic acids is 1. The Morgan fingerprint density at radius 1 is 1.53 bits per heavy atom. The van der Waals surface area contributed by atoms with Crippen molar-refractivity contribution in [1.82, 2.24) is 0 Å². The van der Waals surface area contributed by atoms with Crippen LogP contribution in [0.4, 0.5) is 5.69 Å². The van der Waals surface area contributed by atoms with E-state index < -0.39 is 0 Å². The Bertz CT molecular complexity index is 452. The monoisotopic (exact) mass is 231 g/mol. The van der Waals surface area contributed by atoms with E-state index >= 15 is 0 Å². The van der Waals surface area contributed by atoms with Crippen molar-refractivity contribution in [2.24, 2.45) is 5.92 Å². The number of allylic oxidation sites excluding steroid dienone is 2. The molecule has 0 aromatic heterocycles. The number of anilines is 1. The molecule has 0 heterocycles. The van der Waals surface area contributed by atoms with Gasteiger partial charge in [0, 0.05) is 12.1 Å². The summed E-state index contributed by atoms with van der Waals surface area (Å²) in [5.74, 6) is 0.668. The Hall–Kier alpha value is -1.77. The zero-order valence-corrected chi connectivity index (χ0v) is 9.94. The number of carbonyl (C=O) groups is 1. The number of hydrogen-bond acceptors (Lipinski definition) is 2. The van der Waals surface area contributed by atoms with Gasteiger partial charge >= 0.3 is 0 Å². The van der Waals surface area contributed by atoms with Gasteiger partial charge in [-0.05, 0) is 49.4 Å². The number of nitrogens with one attached hydrogen (secondary N) is 1. The lowest BCUT2D eigenvalue weighted by molar-refractivity contribution is -0.116. The van der Waals surface area contributed by atoms with Crippen LogP contribution in [0.25, 0.3) is 0 Å². The summed E-state index contributed by atoms with van der Waals surface area (Å²) in [6.45, 7) is 1.81. The van der Waals surface area contributed by atoms with Crippen LogP contribution in [-0.2, 0) is 4.79 Å². The highest BCUT2D eigenvalue weighted by molar-refractivity contribution is 5.91. The van der Waals surface area contributed by atoms with Crippen molar-refractivity contribution >= 4 is 11.6 Å². The zero-order chi connectivity index (χ0) is 12.3. The van der Waals surface area contributed by atoms with Gasteiger partial charge in [-0.2, -0.15) is 0 Å². The van der Waals surface area contributed by atoms with Gasteiger partial charge in [0.15, 0.2) is 0 Å². The van der Waals surface area contributed by atoms with E-state index in [2.05, 4.69) is 17.5 Å². The fourth-order valence-corrected chi connectivity index (χ4v) is 2.05. The summed E-state index contributed by atoms with van der Waals surface area (Å²) in [6, 6.07) is 5.09. The highest BCUT2D eigenvalue weighted by atomic mass is 16.3. The number of aryl methyl sites for hydroxylation is 1. The molecule has 3 nitrogen and oxygen atoms in total. The Balaban J connectivity index is 1.93. The average Bonchev–Trinajstić information content (AvgIpc) is 2.76. The van der Waals surface area contributed by atoms with Crippen LogP contribution in [0.2, 0.25) is 0 Å². The topological polar surface area (TPSA) is 49.3 Å². The molecule has 1 amide bonds. The summed E-state index contributed by atoms with van der Waals surface area (Å²) < 4.78 is 0. The molecule has 3 heteroatoms. The van der Waals surface area contributed by atoms with Crippen LogP contribution in [0.1, 0.15) is 24.8 Å². The second kappa shape index (κ2) is 5.04. The van der Waals surface area contributed by atoms with Crippen LogP contribution in [0, 0.1) is 12.8 Å². The summed E-state index contributed by atoms with van der Waals surface area (Å²) in [5.41, 5.74) is 1.51. The molecule has 0 saturated carbocycles. The Morgan fingerprint density at radius 2 is 2.35 bits per heavy atom. The first-order chi connectivity index (χ1) is 8.15. The van der Waals surface area contributed by atoms with Crippen molar-refractivity contribution in [1.29, 1.82) is 0 Å². The molecule has 1 atom stereocenters. The lowest BCUT2D eigenvalue weighted by Gasteiger charge is -2.09. The van der Waals surface area contributed by atoms with E-state index in [1.807, 2.05) is 6.92 Å². The van der Waals surface area contributed by atoms with E-state index in [1.54, 1.807) is 18.2 Å². The molecule has 0 aliphatic heterocycles. The highest BCUT2D eigenvalue weighted by Crippen LogP contribution is 2.23. The number of benzene rings is 1. The average molecular weight is 231 g/mol. The maximum Gasteiger partial charge on any atom is 0.224 e. The molecule has 0 saturated heterocycles. The Kier molecular flexibility index (Phi) is 3.47. The van der Waals surface area contributed by atoms with Crippen LogP contribution in [0.15, 0.2) is 30.4 Å². The maximum absolute atomic E-state index is 11.8. The second-order valence-corrected chi connectivity index (χ2v) is 4.52. The number of hydrogen-bond donors (Lipinski definition) is 2. The fraction of sp³-hybridized carbons (Fsp3) is 0.357. The lowest BCUT2D eigenvalue weighted by Crippen LogP contribution is -2.14. The predicted octanol–water partition coefficient (Wildman–Crippen LogP) is 3.00. The van der Waals surface area contributed by atoms with Gasteiger partial charge in [0.05, 0.1) is 0 Å². The number of phenols is 1. The van der Waals surface area contributed by atoms with Gasteiger partial charge < -0.3 is 10.4 Å².